The van der Waals surface area contributed by atoms with E-state index in [1.807, 2.05) is 18.2 Å². The fourth-order valence-corrected chi connectivity index (χ4v) is 3.06. The van der Waals surface area contributed by atoms with Crippen molar-refractivity contribution in [2.24, 2.45) is 4.99 Å². The van der Waals surface area contributed by atoms with Gasteiger partial charge in [0.2, 0.25) is 5.91 Å². The molecule has 0 heterocycles. The third-order valence-corrected chi connectivity index (χ3v) is 4.97. The van der Waals surface area contributed by atoms with Gasteiger partial charge in [-0.25, -0.2) is 4.99 Å². The van der Waals surface area contributed by atoms with Gasteiger partial charge in [-0.3, -0.25) is 4.79 Å². The number of rotatable bonds is 13. The molecular formula is C20H36IN5O2S. The van der Waals surface area contributed by atoms with Gasteiger partial charge in [-0.05, 0) is 25.6 Å². The number of halogens is 1. The summed E-state index contributed by atoms with van der Waals surface area (Å²) in [6.45, 7) is 4.32. The minimum atomic E-state index is -0.0172. The van der Waals surface area contributed by atoms with Crippen LogP contribution in [0.5, 0.6) is 0 Å². The number of nitrogens with zero attached hydrogens (tertiary/aromatic N) is 3. The van der Waals surface area contributed by atoms with Crippen LogP contribution in [0.3, 0.4) is 0 Å². The zero-order valence-corrected chi connectivity index (χ0v) is 21.2. The van der Waals surface area contributed by atoms with E-state index in [0.29, 0.717) is 5.96 Å². The highest BCUT2D eigenvalue weighted by atomic mass is 127. The highest BCUT2D eigenvalue weighted by molar-refractivity contribution is 14.0. The number of carbonyl (C=O) groups is 1. The van der Waals surface area contributed by atoms with Crippen LogP contribution in [-0.2, 0) is 9.53 Å². The minimum Gasteiger partial charge on any atom is -0.385 e. The van der Waals surface area contributed by atoms with Crippen LogP contribution in [0.15, 0.2) is 40.2 Å². The number of nitrogens with one attached hydrogen (secondary N) is 2. The zero-order valence-electron chi connectivity index (χ0n) is 18.0. The number of thioether (sulfide) groups is 1. The number of hydrogen-bond acceptors (Lipinski definition) is 5. The molecule has 0 aliphatic rings. The Morgan fingerprint density at radius 1 is 1.10 bits per heavy atom. The molecule has 29 heavy (non-hydrogen) atoms. The Bertz CT molecular complexity index is 575. The first kappa shape index (κ1) is 28.0. The quantitative estimate of drug-likeness (QED) is 0.132. The molecule has 0 saturated carbocycles. The normalized spacial score (nSPS) is 11.1. The molecule has 0 aliphatic heterocycles. The Balaban J connectivity index is 0.00000784. The lowest BCUT2D eigenvalue weighted by atomic mass is 10.4. The van der Waals surface area contributed by atoms with E-state index >= 15 is 0 Å². The van der Waals surface area contributed by atoms with Crippen LogP contribution < -0.4 is 10.6 Å². The van der Waals surface area contributed by atoms with Gasteiger partial charge in [0.15, 0.2) is 5.96 Å². The fraction of sp³-hybridized carbons (Fsp3) is 0.600. The van der Waals surface area contributed by atoms with Gasteiger partial charge in [0.25, 0.3) is 0 Å². The summed E-state index contributed by atoms with van der Waals surface area (Å²) in [5.74, 6) is 1.58. The Morgan fingerprint density at radius 3 is 2.45 bits per heavy atom. The average molecular weight is 538 g/mol. The Morgan fingerprint density at radius 2 is 1.79 bits per heavy atom. The van der Waals surface area contributed by atoms with E-state index in [4.69, 9.17) is 4.74 Å². The summed E-state index contributed by atoms with van der Waals surface area (Å²) in [7, 11) is 7.29. The highest BCUT2D eigenvalue weighted by Gasteiger charge is 2.05. The number of methoxy groups -OCH3 is 1. The van der Waals surface area contributed by atoms with Gasteiger partial charge < -0.3 is 25.2 Å². The molecule has 0 fully saturated rings. The predicted molar refractivity (Wildman–Crippen MR) is 134 cm³/mol. The lowest BCUT2D eigenvalue weighted by Gasteiger charge is -2.18. The summed E-state index contributed by atoms with van der Waals surface area (Å²) in [5.41, 5.74) is 0. The van der Waals surface area contributed by atoms with Crippen LogP contribution >= 0.6 is 35.7 Å². The van der Waals surface area contributed by atoms with Crippen molar-refractivity contribution < 1.29 is 9.53 Å². The van der Waals surface area contributed by atoms with Gasteiger partial charge in [-0.1, -0.05) is 18.2 Å². The van der Waals surface area contributed by atoms with Crippen LogP contribution in [0.25, 0.3) is 0 Å². The van der Waals surface area contributed by atoms with Crippen molar-refractivity contribution >= 4 is 47.6 Å². The van der Waals surface area contributed by atoms with E-state index in [0.717, 1.165) is 45.0 Å². The molecule has 0 radical (unpaired) electrons. The second-order valence-corrected chi connectivity index (χ2v) is 7.79. The molecule has 1 amide bonds. The first-order valence-corrected chi connectivity index (χ1v) is 10.6. The summed E-state index contributed by atoms with van der Waals surface area (Å²) in [6, 6.07) is 10.3. The van der Waals surface area contributed by atoms with E-state index in [1.165, 1.54) is 4.90 Å². The van der Waals surface area contributed by atoms with Crippen molar-refractivity contribution in [1.82, 2.24) is 20.4 Å². The van der Waals surface area contributed by atoms with Crippen LogP contribution in [0.2, 0.25) is 0 Å². The molecule has 0 atom stereocenters. The molecule has 0 unspecified atom stereocenters. The molecule has 2 N–H and O–H groups in total. The molecule has 0 spiro atoms. The van der Waals surface area contributed by atoms with Gasteiger partial charge in [0.1, 0.15) is 6.54 Å². The lowest BCUT2D eigenvalue weighted by molar-refractivity contribution is -0.127. The molecule has 1 aromatic rings. The molecule has 1 rings (SSSR count). The van der Waals surface area contributed by atoms with Crippen LogP contribution in [0.4, 0.5) is 0 Å². The smallest absolute Gasteiger partial charge is 0.243 e. The molecular weight excluding hydrogens is 501 g/mol. The van der Waals surface area contributed by atoms with Gasteiger partial charge in [-0.2, -0.15) is 0 Å². The van der Waals surface area contributed by atoms with Crippen molar-refractivity contribution in [3.8, 4) is 0 Å². The van der Waals surface area contributed by atoms with Crippen molar-refractivity contribution in [3.63, 3.8) is 0 Å². The number of carbonyl (C=O) groups excluding carboxylic acids is 1. The standard InChI is InChI=1S/C20H35N5O2S.HI/c1-24(2)19(26)17-23-20(21-11-14-25(3)13-8-15-27-4)22-12-16-28-18-9-6-5-7-10-18;/h5-7,9-10H,8,11-17H2,1-4H3,(H2,21,22,23);1H. The fourth-order valence-electron chi connectivity index (χ4n) is 2.27. The molecule has 0 saturated heterocycles. The molecule has 0 bridgehead atoms. The summed E-state index contributed by atoms with van der Waals surface area (Å²) < 4.78 is 5.09. The molecule has 7 nitrogen and oxygen atoms in total. The Labute approximate surface area is 197 Å². The first-order valence-electron chi connectivity index (χ1n) is 9.60. The van der Waals surface area contributed by atoms with E-state index in [9.17, 15) is 4.79 Å². The lowest BCUT2D eigenvalue weighted by Crippen LogP contribution is -2.42. The van der Waals surface area contributed by atoms with Crippen LogP contribution in [0.1, 0.15) is 6.42 Å². The molecule has 166 valence electrons. The van der Waals surface area contributed by atoms with E-state index < -0.39 is 0 Å². The van der Waals surface area contributed by atoms with Gasteiger partial charge >= 0.3 is 0 Å². The van der Waals surface area contributed by atoms with E-state index in [-0.39, 0.29) is 36.4 Å². The maximum Gasteiger partial charge on any atom is 0.243 e. The number of aliphatic imine (C=N–C) groups is 1. The maximum absolute atomic E-state index is 11.8. The summed E-state index contributed by atoms with van der Waals surface area (Å²) >= 11 is 1.79. The zero-order chi connectivity index (χ0) is 20.6. The largest absolute Gasteiger partial charge is 0.385 e. The topological polar surface area (TPSA) is 69.2 Å². The summed E-state index contributed by atoms with van der Waals surface area (Å²) in [4.78, 5) is 21.3. The third-order valence-electron chi connectivity index (χ3n) is 3.95. The molecule has 9 heteroatoms. The van der Waals surface area contributed by atoms with Gasteiger partial charge in [0.05, 0.1) is 0 Å². The SMILES string of the molecule is COCCCN(C)CCNC(=NCC(=O)N(C)C)NCCSc1ccccc1.I. The molecule has 0 aliphatic carbocycles. The highest BCUT2D eigenvalue weighted by Crippen LogP contribution is 2.15. The van der Waals surface area contributed by atoms with Crippen molar-refractivity contribution in [2.45, 2.75) is 11.3 Å². The maximum atomic E-state index is 11.8. The van der Waals surface area contributed by atoms with Crippen LogP contribution in [0, 0.1) is 0 Å². The number of likely N-dealkylation sites (N-methyl/N-ethyl adjacent to an activating group) is 2. The number of hydrogen-bond donors (Lipinski definition) is 2. The van der Waals surface area contributed by atoms with Crippen molar-refractivity contribution in [2.75, 3.05) is 73.3 Å². The minimum absolute atomic E-state index is 0. The van der Waals surface area contributed by atoms with Gasteiger partial charge in [0, 0.05) is 64.6 Å². The average Bonchev–Trinajstić information content (AvgIpc) is 2.69. The number of ether oxygens (including phenoxy) is 1. The number of guanidine groups is 1. The Hall–Kier alpha value is -1.04. The second kappa shape index (κ2) is 17.8. The number of benzene rings is 1. The molecule has 0 aromatic heterocycles. The van der Waals surface area contributed by atoms with Gasteiger partial charge in [-0.15, -0.1) is 35.7 Å². The van der Waals surface area contributed by atoms with Crippen molar-refractivity contribution in [3.05, 3.63) is 30.3 Å². The summed E-state index contributed by atoms with van der Waals surface area (Å²) in [5, 5.41) is 6.64. The predicted octanol–water partition coefficient (Wildman–Crippen LogP) is 1.99. The monoisotopic (exact) mass is 537 g/mol. The van der Waals surface area contributed by atoms with Crippen LogP contribution in [-0.4, -0.2) is 95.0 Å². The number of amides is 1. The molecule has 1 aromatic carbocycles. The first-order chi connectivity index (χ1) is 13.5. The van der Waals surface area contributed by atoms with E-state index in [2.05, 4.69) is 39.7 Å². The third kappa shape index (κ3) is 14.6. The second-order valence-electron chi connectivity index (χ2n) is 6.62. The Kier molecular flexibility index (Phi) is 17.1. The summed E-state index contributed by atoms with van der Waals surface area (Å²) in [6.07, 6.45) is 1.01. The van der Waals surface area contributed by atoms with Crippen molar-refractivity contribution in [1.29, 1.82) is 0 Å². The van der Waals surface area contributed by atoms with E-state index in [1.54, 1.807) is 37.9 Å².